The minimum absolute atomic E-state index is 0.115. The molecule has 0 aliphatic rings. The van der Waals surface area contributed by atoms with Gasteiger partial charge in [0.15, 0.2) is 5.58 Å². The lowest BCUT2D eigenvalue weighted by atomic mass is 10.3. The maximum absolute atomic E-state index is 12.6. The first-order valence-electron chi connectivity index (χ1n) is 3.48. The Morgan fingerprint density at radius 2 is 2.14 bits per heavy atom. The summed E-state index contributed by atoms with van der Waals surface area (Å²) >= 11 is 0. The average molecular weight is 236 g/mol. The normalized spacial score (nSPS) is 12.1. The molecule has 2 aromatic rings. The van der Waals surface area contributed by atoms with Gasteiger partial charge >= 0.3 is 6.14 Å². The van der Waals surface area contributed by atoms with E-state index in [4.69, 9.17) is 10.7 Å². The van der Waals surface area contributed by atoms with Crippen molar-refractivity contribution in [3.05, 3.63) is 24.3 Å². The predicted octanol–water partition coefficient (Wildman–Crippen LogP) is 1.89. The molecular weight excluding hydrogens is 233 g/mol. The van der Waals surface area contributed by atoms with Gasteiger partial charge < -0.3 is 4.42 Å². The Morgan fingerprint density at radius 1 is 1.43 bits per heavy atom. The van der Waals surface area contributed by atoms with Crippen LogP contribution in [0.3, 0.4) is 0 Å². The highest BCUT2D eigenvalue weighted by molar-refractivity contribution is 8.13. The largest absolute Gasteiger partial charge is 0.413 e. The lowest BCUT2D eigenvalue weighted by Gasteiger charge is -1.94. The molecule has 0 saturated carbocycles. The number of hydrogen-bond acceptors (Lipinski definition) is 4. The minimum atomic E-state index is -3.94. The van der Waals surface area contributed by atoms with Gasteiger partial charge in [-0.15, -0.1) is 4.39 Å². The molecule has 4 nitrogen and oxygen atoms in total. The molecule has 0 saturated heterocycles. The zero-order chi connectivity index (χ0) is 10.3. The molecule has 0 bridgehead atoms. The number of hydrogen-bond donors (Lipinski definition) is 0. The fourth-order valence-electron chi connectivity index (χ4n) is 1.09. The summed E-state index contributed by atoms with van der Waals surface area (Å²) in [5.74, 6) is 0. The van der Waals surface area contributed by atoms with Crippen molar-refractivity contribution in [3.63, 3.8) is 0 Å². The topological polar surface area (TPSA) is 60.2 Å². The highest BCUT2D eigenvalue weighted by Crippen LogP contribution is 2.25. The van der Waals surface area contributed by atoms with E-state index in [0.717, 1.165) is 0 Å². The second-order valence-corrected chi connectivity index (χ2v) is 5.04. The summed E-state index contributed by atoms with van der Waals surface area (Å²) in [6, 6.07) is 4.04. The third-order valence-corrected chi connectivity index (χ3v) is 2.96. The van der Waals surface area contributed by atoms with Crippen LogP contribution >= 0.6 is 10.7 Å². The summed E-state index contributed by atoms with van der Waals surface area (Å²) in [5, 5.41) is 0. The van der Waals surface area contributed by atoms with E-state index in [1.54, 1.807) is 0 Å². The fraction of sp³-hybridized carbons (Fsp3) is 0. The van der Waals surface area contributed by atoms with Gasteiger partial charge in [-0.1, -0.05) is 6.07 Å². The standard InChI is InChI=1S/C7H3ClFNO3S/c8-14(11,12)5-3-1-2-4-6(5)13-7(9)10-4/h1-3H. The van der Waals surface area contributed by atoms with Gasteiger partial charge in [-0.2, -0.15) is 4.98 Å². The number of halogens is 2. The third-order valence-electron chi connectivity index (χ3n) is 1.62. The highest BCUT2D eigenvalue weighted by Gasteiger charge is 2.18. The minimum Gasteiger partial charge on any atom is -0.413 e. The number of oxazole rings is 1. The molecule has 0 aliphatic carbocycles. The molecular formula is C7H3ClFNO3S. The van der Waals surface area contributed by atoms with Gasteiger partial charge in [0.1, 0.15) is 10.4 Å². The van der Waals surface area contributed by atoms with E-state index in [1.165, 1.54) is 18.2 Å². The van der Waals surface area contributed by atoms with Crippen LogP contribution in [0.25, 0.3) is 11.1 Å². The molecule has 0 aliphatic heterocycles. The summed E-state index contributed by atoms with van der Waals surface area (Å²) in [6.07, 6.45) is -1.09. The Hall–Kier alpha value is -1.14. The Bertz CT molecular complexity index is 592. The van der Waals surface area contributed by atoms with E-state index in [2.05, 4.69) is 9.40 Å². The van der Waals surface area contributed by atoms with E-state index in [9.17, 15) is 12.8 Å². The second kappa shape index (κ2) is 2.93. The number of benzene rings is 1. The van der Waals surface area contributed by atoms with Crippen molar-refractivity contribution < 1.29 is 17.2 Å². The van der Waals surface area contributed by atoms with E-state index in [1.807, 2.05) is 0 Å². The van der Waals surface area contributed by atoms with Crippen LogP contribution in [0, 0.1) is 6.14 Å². The number of nitrogens with zero attached hydrogens (tertiary/aromatic N) is 1. The Labute approximate surface area is 82.7 Å². The van der Waals surface area contributed by atoms with Crippen molar-refractivity contribution in [1.29, 1.82) is 0 Å². The first kappa shape index (κ1) is 9.42. The molecule has 1 aromatic carbocycles. The van der Waals surface area contributed by atoms with Crippen LogP contribution in [0.1, 0.15) is 0 Å². The molecule has 0 unspecified atom stereocenters. The Balaban J connectivity index is 2.90. The summed E-state index contributed by atoms with van der Waals surface area (Å²) in [6.45, 7) is 0. The van der Waals surface area contributed by atoms with Crippen LogP contribution in [0.4, 0.5) is 4.39 Å². The van der Waals surface area contributed by atoms with Crippen molar-refractivity contribution >= 4 is 30.8 Å². The zero-order valence-corrected chi connectivity index (χ0v) is 8.14. The van der Waals surface area contributed by atoms with E-state index in [0.29, 0.717) is 0 Å². The molecule has 14 heavy (non-hydrogen) atoms. The monoisotopic (exact) mass is 235 g/mol. The first-order valence-corrected chi connectivity index (χ1v) is 5.79. The lowest BCUT2D eigenvalue weighted by molar-refractivity contribution is 0.352. The van der Waals surface area contributed by atoms with Gasteiger partial charge in [-0.05, 0) is 12.1 Å². The number of rotatable bonds is 1. The molecule has 0 spiro atoms. The fourth-order valence-corrected chi connectivity index (χ4v) is 2.06. The Kier molecular flexibility index (Phi) is 1.97. The summed E-state index contributed by atoms with van der Waals surface area (Å²) in [7, 11) is 1.16. The van der Waals surface area contributed by atoms with Crippen molar-refractivity contribution in [1.82, 2.24) is 4.98 Å². The van der Waals surface area contributed by atoms with Gasteiger partial charge in [-0.3, -0.25) is 0 Å². The first-order chi connectivity index (χ1) is 6.48. The quantitative estimate of drug-likeness (QED) is 0.709. The molecule has 74 valence electrons. The van der Waals surface area contributed by atoms with Gasteiger partial charge in [0, 0.05) is 10.7 Å². The maximum atomic E-state index is 12.6. The Morgan fingerprint density at radius 3 is 2.79 bits per heavy atom. The molecule has 0 N–H and O–H groups in total. The van der Waals surface area contributed by atoms with Crippen molar-refractivity contribution in [2.75, 3.05) is 0 Å². The highest BCUT2D eigenvalue weighted by atomic mass is 35.7. The summed E-state index contributed by atoms with van der Waals surface area (Å²) < 4.78 is 39.1. The van der Waals surface area contributed by atoms with Crippen LogP contribution in [0.15, 0.2) is 27.5 Å². The molecule has 2 rings (SSSR count). The van der Waals surface area contributed by atoms with Crippen molar-refractivity contribution in [2.45, 2.75) is 4.90 Å². The number of para-hydroxylation sites is 1. The third kappa shape index (κ3) is 1.46. The van der Waals surface area contributed by atoms with Gasteiger partial charge in [0.25, 0.3) is 9.05 Å². The molecule has 0 atom stereocenters. The van der Waals surface area contributed by atoms with Crippen LogP contribution < -0.4 is 0 Å². The number of aromatic nitrogens is 1. The predicted molar refractivity (Wildman–Crippen MR) is 47.0 cm³/mol. The molecule has 1 heterocycles. The summed E-state index contributed by atoms with van der Waals surface area (Å²) in [4.78, 5) is 3.05. The molecule has 1 aromatic heterocycles. The maximum Gasteiger partial charge on any atom is 0.382 e. The van der Waals surface area contributed by atoms with Crippen LogP contribution in [0.2, 0.25) is 0 Å². The van der Waals surface area contributed by atoms with Crippen molar-refractivity contribution in [2.24, 2.45) is 0 Å². The van der Waals surface area contributed by atoms with Gasteiger partial charge in [0.2, 0.25) is 0 Å². The average Bonchev–Trinajstić information content (AvgIpc) is 2.41. The second-order valence-electron chi connectivity index (χ2n) is 2.51. The number of fused-ring (bicyclic) bond motifs is 1. The SMILES string of the molecule is O=S(=O)(Cl)c1cccc2nc(F)oc12. The van der Waals surface area contributed by atoms with Crippen LogP contribution in [0.5, 0.6) is 0 Å². The van der Waals surface area contributed by atoms with Gasteiger partial charge in [0.05, 0.1) is 0 Å². The van der Waals surface area contributed by atoms with E-state index >= 15 is 0 Å². The zero-order valence-electron chi connectivity index (χ0n) is 6.57. The lowest BCUT2D eigenvalue weighted by Crippen LogP contribution is -1.90. The summed E-state index contributed by atoms with van der Waals surface area (Å²) in [5.41, 5.74) is -0.0516. The smallest absolute Gasteiger partial charge is 0.382 e. The van der Waals surface area contributed by atoms with E-state index < -0.39 is 15.2 Å². The van der Waals surface area contributed by atoms with Gasteiger partial charge in [-0.25, -0.2) is 8.42 Å². The van der Waals surface area contributed by atoms with Crippen molar-refractivity contribution in [3.8, 4) is 0 Å². The molecule has 7 heteroatoms. The molecule has 0 fully saturated rings. The molecule has 0 radical (unpaired) electrons. The molecule has 0 amide bonds. The van der Waals surface area contributed by atoms with E-state index in [-0.39, 0.29) is 16.0 Å². The van der Waals surface area contributed by atoms with Crippen LogP contribution in [-0.2, 0) is 9.05 Å². The van der Waals surface area contributed by atoms with Crippen LogP contribution in [-0.4, -0.2) is 13.4 Å².